The lowest BCUT2D eigenvalue weighted by molar-refractivity contribution is 0.153. The Bertz CT molecular complexity index is 840. The molecule has 1 saturated heterocycles. The van der Waals surface area contributed by atoms with Crippen LogP contribution in [-0.2, 0) is 17.7 Å². The minimum atomic E-state index is -0.123. The largest absolute Gasteiger partial charge is 0.383 e. The highest BCUT2D eigenvalue weighted by Crippen LogP contribution is 2.27. The molecule has 2 aliphatic rings. The first-order valence-corrected chi connectivity index (χ1v) is 11.0. The molecule has 2 aromatic rings. The van der Waals surface area contributed by atoms with Gasteiger partial charge in [-0.2, -0.15) is 4.98 Å². The van der Waals surface area contributed by atoms with Crippen LogP contribution in [0.25, 0.3) is 0 Å². The Morgan fingerprint density at radius 2 is 2.03 bits per heavy atom. The zero-order valence-corrected chi connectivity index (χ0v) is 18.0. The fourth-order valence-electron chi connectivity index (χ4n) is 4.56. The number of hydrogen-bond acceptors (Lipinski definition) is 6. The summed E-state index contributed by atoms with van der Waals surface area (Å²) in [5.41, 5.74) is 2.45. The molecule has 1 unspecified atom stereocenters. The average Bonchev–Trinajstić information content (AvgIpc) is 2.79. The van der Waals surface area contributed by atoms with Crippen LogP contribution in [0.15, 0.2) is 30.5 Å². The summed E-state index contributed by atoms with van der Waals surface area (Å²) in [7, 11) is 1.71. The Morgan fingerprint density at radius 3 is 2.80 bits per heavy atom. The quantitative estimate of drug-likeness (QED) is 0.750. The number of nitrogens with one attached hydrogen (secondary N) is 1. The Kier molecular flexibility index (Phi) is 6.79. The van der Waals surface area contributed by atoms with Crippen molar-refractivity contribution in [2.45, 2.75) is 51.2 Å². The predicted octanol–water partition coefficient (Wildman–Crippen LogP) is 3.48. The van der Waals surface area contributed by atoms with Crippen LogP contribution >= 0.6 is 0 Å². The van der Waals surface area contributed by atoms with Crippen LogP contribution in [0.3, 0.4) is 0 Å². The van der Waals surface area contributed by atoms with Crippen LogP contribution in [0.1, 0.15) is 37.3 Å². The van der Waals surface area contributed by atoms with E-state index >= 15 is 0 Å². The van der Waals surface area contributed by atoms with Gasteiger partial charge in [-0.15, -0.1) is 0 Å². The molecule has 1 fully saturated rings. The lowest BCUT2D eigenvalue weighted by Crippen LogP contribution is -2.46. The molecule has 1 atom stereocenters. The van der Waals surface area contributed by atoms with Crippen molar-refractivity contribution in [3.05, 3.63) is 47.4 Å². The van der Waals surface area contributed by atoms with E-state index in [1.807, 2.05) is 18.3 Å². The van der Waals surface area contributed by atoms with E-state index in [4.69, 9.17) is 9.72 Å². The Balaban J connectivity index is 1.33. The molecule has 162 valence electrons. The number of fused-ring (bicyclic) bond motifs is 1. The molecular weight excluding hydrogens is 381 g/mol. The molecule has 0 amide bonds. The van der Waals surface area contributed by atoms with Crippen LogP contribution in [-0.4, -0.2) is 60.3 Å². The van der Waals surface area contributed by atoms with Crippen molar-refractivity contribution in [1.29, 1.82) is 0 Å². The highest BCUT2D eigenvalue weighted by molar-refractivity contribution is 5.43. The summed E-state index contributed by atoms with van der Waals surface area (Å²) in [5, 5.41) is 3.37. The molecule has 1 aromatic carbocycles. The number of methoxy groups -OCH3 is 1. The summed E-state index contributed by atoms with van der Waals surface area (Å²) in [6.07, 6.45) is 5.96. The summed E-state index contributed by atoms with van der Waals surface area (Å²) >= 11 is 0. The van der Waals surface area contributed by atoms with Gasteiger partial charge in [-0.3, -0.25) is 4.90 Å². The molecule has 0 spiro atoms. The van der Waals surface area contributed by atoms with Crippen molar-refractivity contribution in [3.63, 3.8) is 0 Å². The van der Waals surface area contributed by atoms with Gasteiger partial charge < -0.3 is 15.0 Å². The van der Waals surface area contributed by atoms with Gasteiger partial charge in [0.05, 0.1) is 12.6 Å². The van der Waals surface area contributed by atoms with E-state index in [9.17, 15) is 4.39 Å². The Morgan fingerprint density at radius 1 is 1.20 bits per heavy atom. The molecule has 2 aliphatic heterocycles. The highest BCUT2D eigenvalue weighted by atomic mass is 19.1. The van der Waals surface area contributed by atoms with Crippen LogP contribution < -0.4 is 10.2 Å². The molecule has 30 heavy (non-hydrogen) atoms. The summed E-state index contributed by atoms with van der Waals surface area (Å²) in [4.78, 5) is 14.0. The summed E-state index contributed by atoms with van der Waals surface area (Å²) in [6.45, 7) is 6.69. The molecule has 0 saturated carbocycles. The monoisotopic (exact) mass is 413 g/mol. The molecule has 4 rings (SSSR count). The third-order valence-corrected chi connectivity index (χ3v) is 6.35. The van der Waals surface area contributed by atoms with Gasteiger partial charge in [0.2, 0.25) is 5.95 Å². The predicted molar refractivity (Wildman–Crippen MR) is 117 cm³/mol. The highest BCUT2D eigenvalue weighted by Gasteiger charge is 2.28. The second-order valence-electron chi connectivity index (χ2n) is 8.30. The third-order valence-electron chi connectivity index (χ3n) is 6.35. The van der Waals surface area contributed by atoms with Crippen molar-refractivity contribution in [1.82, 2.24) is 14.9 Å². The molecular formula is C23H32FN5O. The minimum Gasteiger partial charge on any atom is -0.383 e. The van der Waals surface area contributed by atoms with Gasteiger partial charge >= 0.3 is 0 Å². The van der Waals surface area contributed by atoms with Gasteiger partial charge in [-0.05, 0) is 55.0 Å². The number of piperidine rings is 1. The van der Waals surface area contributed by atoms with Gasteiger partial charge in [0.25, 0.3) is 0 Å². The summed E-state index contributed by atoms with van der Waals surface area (Å²) in [6, 6.07) is 8.02. The van der Waals surface area contributed by atoms with E-state index in [0.29, 0.717) is 18.6 Å². The van der Waals surface area contributed by atoms with Crippen molar-refractivity contribution in [2.24, 2.45) is 0 Å². The first-order chi connectivity index (χ1) is 14.7. The lowest BCUT2D eigenvalue weighted by atomic mass is 9.95. The first kappa shape index (κ1) is 21.0. The number of aromatic nitrogens is 2. The maximum atomic E-state index is 13.5. The number of nitrogens with zero attached hydrogens (tertiary/aromatic N) is 4. The molecule has 1 aromatic heterocycles. The zero-order valence-electron chi connectivity index (χ0n) is 18.0. The van der Waals surface area contributed by atoms with E-state index in [2.05, 4.69) is 27.0 Å². The molecule has 7 heteroatoms. The van der Waals surface area contributed by atoms with Crippen LogP contribution in [0.4, 0.5) is 16.2 Å². The van der Waals surface area contributed by atoms with Gasteiger partial charge in [-0.1, -0.05) is 13.0 Å². The second kappa shape index (κ2) is 9.71. The van der Waals surface area contributed by atoms with Gasteiger partial charge in [-0.25, -0.2) is 9.37 Å². The molecule has 0 aliphatic carbocycles. The summed E-state index contributed by atoms with van der Waals surface area (Å²) in [5.74, 6) is 1.53. The van der Waals surface area contributed by atoms with E-state index < -0.39 is 0 Å². The number of benzene rings is 1. The minimum absolute atomic E-state index is 0.123. The van der Waals surface area contributed by atoms with Crippen molar-refractivity contribution in [2.75, 3.05) is 43.6 Å². The third kappa shape index (κ3) is 4.90. The molecule has 0 radical (unpaired) electrons. The number of hydrogen-bond donors (Lipinski definition) is 1. The average molecular weight is 414 g/mol. The van der Waals surface area contributed by atoms with E-state index in [0.717, 1.165) is 57.7 Å². The maximum absolute atomic E-state index is 13.5. The van der Waals surface area contributed by atoms with Crippen LogP contribution in [0.2, 0.25) is 0 Å². The molecule has 1 N–H and O–H groups in total. The fourth-order valence-corrected chi connectivity index (χ4v) is 4.56. The molecule has 3 heterocycles. The van der Waals surface area contributed by atoms with Crippen LogP contribution in [0.5, 0.6) is 0 Å². The number of halogens is 1. The molecule has 0 bridgehead atoms. The van der Waals surface area contributed by atoms with E-state index in [-0.39, 0.29) is 11.9 Å². The van der Waals surface area contributed by atoms with Gasteiger partial charge in [0, 0.05) is 45.5 Å². The standard InChI is InChI=1S/C23H32FN5O/c1-3-20(16-30-2)26-23-25-10-6-22(27-23)28-12-8-21(9-13-28)29-11-7-17-14-19(24)5-4-18(17)15-29/h4-6,10,14,20-21H,3,7-9,11-13,15-16H2,1-2H3,(H,25,26,27). The normalized spacial score (nSPS) is 18.8. The topological polar surface area (TPSA) is 53.5 Å². The number of anilines is 2. The smallest absolute Gasteiger partial charge is 0.224 e. The fraction of sp³-hybridized carbons (Fsp3) is 0.565. The van der Waals surface area contributed by atoms with Crippen molar-refractivity contribution in [3.8, 4) is 0 Å². The van der Waals surface area contributed by atoms with E-state index in [1.54, 1.807) is 19.2 Å². The second-order valence-corrected chi connectivity index (χ2v) is 8.30. The van der Waals surface area contributed by atoms with Crippen molar-refractivity contribution < 1.29 is 9.13 Å². The Labute approximate surface area is 178 Å². The maximum Gasteiger partial charge on any atom is 0.224 e. The van der Waals surface area contributed by atoms with Crippen LogP contribution in [0, 0.1) is 5.82 Å². The van der Waals surface area contributed by atoms with Gasteiger partial charge in [0.15, 0.2) is 0 Å². The SMILES string of the molecule is CCC(COC)Nc1nccc(N2CCC(N3CCc4cc(F)ccc4C3)CC2)n1. The summed E-state index contributed by atoms with van der Waals surface area (Å²) < 4.78 is 18.7. The lowest BCUT2D eigenvalue weighted by Gasteiger charge is -2.41. The first-order valence-electron chi connectivity index (χ1n) is 11.0. The van der Waals surface area contributed by atoms with E-state index in [1.165, 1.54) is 11.1 Å². The zero-order chi connectivity index (χ0) is 20.9. The van der Waals surface area contributed by atoms with Gasteiger partial charge in [0.1, 0.15) is 11.6 Å². The molecule has 6 nitrogen and oxygen atoms in total. The number of rotatable bonds is 7. The Hall–Kier alpha value is -2.25. The number of ether oxygens (including phenoxy) is 1. The van der Waals surface area contributed by atoms with Crippen molar-refractivity contribution >= 4 is 11.8 Å².